The van der Waals surface area contributed by atoms with E-state index < -0.39 is 0 Å². The second kappa shape index (κ2) is 7.71. The maximum Gasteiger partial charge on any atom is 0.0541 e. The Morgan fingerprint density at radius 1 is 1.47 bits per heavy atom. The van der Waals surface area contributed by atoms with Crippen molar-refractivity contribution < 1.29 is 0 Å². The molecule has 3 heteroatoms. The molecular formula is C12H20N2S. The fourth-order valence-corrected chi connectivity index (χ4v) is 2.10. The van der Waals surface area contributed by atoms with Crippen LogP contribution in [0.3, 0.4) is 0 Å². The summed E-state index contributed by atoms with van der Waals surface area (Å²) in [5, 5.41) is 3.48. The highest BCUT2D eigenvalue weighted by Crippen LogP contribution is 2.04. The van der Waals surface area contributed by atoms with Crippen LogP contribution in [0.4, 0.5) is 0 Å². The molecule has 0 aliphatic heterocycles. The number of rotatable bonds is 7. The van der Waals surface area contributed by atoms with E-state index in [-0.39, 0.29) is 0 Å². The van der Waals surface area contributed by atoms with E-state index in [0.717, 1.165) is 12.2 Å². The monoisotopic (exact) mass is 224 g/mol. The molecule has 0 aliphatic rings. The number of hydrogen-bond acceptors (Lipinski definition) is 3. The number of pyridine rings is 1. The first-order valence-corrected chi connectivity index (χ1v) is 6.69. The summed E-state index contributed by atoms with van der Waals surface area (Å²) >= 11 is 2.00. The van der Waals surface area contributed by atoms with Gasteiger partial charge in [-0.1, -0.05) is 13.0 Å². The Morgan fingerprint density at radius 2 is 2.33 bits per heavy atom. The highest BCUT2D eigenvalue weighted by atomic mass is 32.2. The summed E-state index contributed by atoms with van der Waals surface area (Å²) in [6.45, 7) is 5.31. The molecule has 1 N–H and O–H groups in total. The van der Waals surface area contributed by atoms with Crippen molar-refractivity contribution in [2.24, 2.45) is 0 Å². The van der Waals surface area contributed by atoms with E-state index in [1.54, 1.807) is 0 Å². The maximum absolute atomic E-state index is 4.28. The van der Waals surface area contributed by atoms with Crippen molar-refractivity contribution in [3.63, 3.8) is 0 Å². The summed E-state index contributed by atoms with van der Waals surface area (Å²) in [6.07, 6.45) is 3.07. The van der Waals surface area contributed by atoms with Crippen LogP contribution < -0.4 is 5.32 Å². The normalized spacial score (nSPS) is 12.7. The Labute approximate surface area is 96.9 Å². The van der Waals surface area contributed by atoms with Gasteiger partial charge in [0.05, 0.1) is 5.69 Å². The van der Waals surface area contributed by atoms with Crippen molar-refractivity contribution >= 4 is 11.8 Å². The van der Waals surface area contributed by atoms with Crippen LogP contribution in [0.15, 0.2) is 24.4 Å². The van der Waals surface area contributed by atoms with E-state index in [0.29, 0.717) is 6.04 Å². The third-order valence-electron chi connectivity index (χ3n) is 2.26. The van der Waals surface area contributed by atoms with Crippen molar-refractivity contribution in [2.45, 2.75) is 32.9 Å². The Balaban J connectivity index is 2.14. The molecule has 1 aromatic heterocycles. The van der Waals surface area contributed by atoms with Gasteiger partial charge in [-0.2, -0.15) is 11.8 Å². The molecule has 1 rings (SSSR count). The summed E-state index contributed by atoms with van der Waals surface area (Å²) < 4.78 is 0. The molecule has 84 valence electrons. The number of hydrogen-bond donors (Lipinski definition) is 1. The van der Waals surface area contributed by atoms with Gasteiger partial charge in [0.2, 0.25) is 0 Å². The molecule has 0 saturated carbocycles. The summed E-state index contributed by atoms with van der Waals surface area (Å²) in [5.74, 6) is 2.46. The molecule has 2 nitrogen and oxygen atoms in total. The number of nitrogens with zero attached hydrogens (tertiary/aromatic N) is 1. The van der Waals surface area contributed by atoms with E-state index in [1.807, 2.05) is 30.1 Å². The molecule has 0 amide bonds. The lowest BCUT2D eigenvalue weighted by Gasteiger charge is -2.12. The predicted octanol–water partition coefficient (Wildman–Crippen LogP) is 2.70. The van der Waals surface area contributed by atoms with E-state index in [2.05, 4.69) is 30.2 Å². The third-order valence-corrected chi connectivity index (χ3v) is 3.19. The van der Waals surface area contributed by atoms with Crippen molar-refractivity contribution in [3.05, 3.63) is 30.1 Å². The molecular weight excluding hydrogens is 204 g/mol. The molecule has 0 spiro atoms. The Bertz CT molecular complexity index is 251. The second-order valence-corrected chi connectivity index (χ2v) is 4.98. The Morgan fingerprint density at radius 3 is 3.00 bits per heavy atom. The summed E-state index contributed by atoms with van der Waals surface area (Å²) in [6, 6.07) is 6.61. The van der Waals surface area contributed by atoms with Gasteiger partial charge in [0, 0.05) is 18.8 Å². The van der Waals surface area contributed by atoms with E-state index in [4.69, 9.17) is 0 Å². The number of aromatic nitrogens is 1. The lowest BCUT2D eigenvalue weighted by Crippen LogP contribution is -2.26. The third kappa shape index (κ3) is 5.80. The van der Waals surface area contributed by atoms with E-state index >= 15 is 0 Å². The first-order valence-electron chi connectivity index (χ1n) is 5.54. The lowest BCUT2D eigenvalue weighted by atomic mass is 10.2. The molecule has 1 unspecified atom stereocenters. The zero-order valence-electron chi connectivity index (χ0n) is 9.57. The minimum Gasteiger partial charge on any atom is -0.309 e. The molecule has 0 aliphatic carbocycles. The minimum atomic E-state index is 0.575. The quantitative estimate of drug-likeness (QED) is 0.721. The highest BCUT2D eigenvalue weighted by molar-refractivity contribution is 7.99. The van der Waals surface area contributed by atoms with Crippen LogP contribution in [0, 0.1) is 0 Å². The van der Waals surface area contributed by atoms with Crippen molar-refractivity contribution in [3.8, 4) is 0 Å². The molecule has 1 atom stereocenters. The second-order valence-electron chi connectivity index (χ2n) is 3.59. The summed E-state index contributed by atoms with van der Waals surface area (Å²) in [5.41, 5.74) is 1.12. The van der Waals surface area contributed by atoms with Crippen LogP contribution in [-0.4, -0.2) is 22.5 Å². The van der Waals surface area contributed by atoms with Crippen LogP contribution >= 0.6 is 11.8 Å². The molecule has 1 heterocycles. The fourth-order valence-electron chi connectivity index (χ4n) is 1.29. The van der Waals surface area contributed by atoms with Gasteiger partial charge in [-0.3, -0.25) is 4.98 Å². The van der Waals surface area contributed by atoms with Crippen LogP contribution in [0.5, 0.6) is 0 Å². The van der Waals surface area contributed by atoms with Crippen LogP contribution in [0.2, 0.25) is 0 Å². The summed E-state index contributed by atoms with van der Waals surface area (Å²) in [4.78, 5) is 4.28. The minimum absolute atomic E-state index is 0.575. The molecule has 15 heavy (non-hydrogen) atoms. The largest absolute Gasteiger partial charge is 0.309 e. The fraction of sp³-hybridized carbons (Fsp3) is 0.583. The number of nitrogens with one attached hydrogen (secondary N) is 1. The molecule has 0 aromatic carbocycles. The van der Waals surface area contributed by atoms with Crippen molar-refractivity contribution in [1.82, 2.24) is 10.3 Å². The first kappa shape index (κ1) is 12.5. The Kier molecular flexibility index (Phi) is 6.44. The van der Waals surface area contributed by atoms with Gasteiger partial charge in [0.1, 0.15) is 0 Å². The van der Waals surface area contributed by atoms with Crippen LogP contribution in [0.25, 0.3) is 0 Å². The summed E-state index contributed by atoms with van der Waals surface area (Å²) in [7, 11) is 0. The van der Waals surface area contributed by atoms with Crippen LogP contribution in [0.1, 0.15) is 26.0 Å². The average molecular weight is 224 g/mol. The van der Waals surface area contributed by atoms with Gasteiger partial charge in [0.15, 0.2) is 0 Å². The van der Waals surface area contributed by atoms with Gasteiger partial charge in [0.25, 0.3) is 0 Å². The highest BCUT2D eigenvalue weighted by Gasteiger charge is 2.01. The van der Waals surface area contributed by atoms with E-state index in [9.17, 15) is 0 Å². The Hall–Kier alpha value is -0.540. The molecule has 0 bridgehead atoms. The standard InChI is InChI=1S/C12H20N2S/c1-3-15-9-7-11(2)14-10-12-6-4-5-8-13-12/h4-6,8,11,14H,3,7,9-10H2,1-2H3. The van der Waals surface area contributed by atoms with Gasteiger partial charge in [-0.15, -0.1) is 0 Å². The van der Waals surface area contributed by atoms with Gasteiger partial charge in [-0.25, -0.2) is 0 Å². The lowest BCUT2D eigenvalue weighted by molar-refractivity contribution is 0.532. The predicted molar refractivity (Wildman–Crippen MR) is 68.2 cm³/mol. The topological polar surface area (TPSA) is 24.9 Å². The molecule has 0 fully saturated rings. The number of thioether (sulfide) groups is 1. The SMILES string of the molecule is CCSCCC(C)NCc1ccccn1. The zero-order chi connectivity index (χ0) is 10.9. The zero-order valence-corrected chi connectivity index (χ0v) is 10.4. The van der Waals surface area contributed by atoms with Gasteiger partial charge >= 0.3 is 0 Å². The van der Waals surface area contributed by atoms with Crippen LogP contribution in [-0.2, 0) is 6.54 Å². The smallest absolute Gasteiger partial charge is 0.0541 e. The maximum atomic E-state index is 4.28. The van der Waals surface area contributed by atoms with Gasteiger partial charge < -0.3 is 5.32 Å². The molecule has 1 aromatic rings. The van der Waals surface area contributed by atoms with Crippen molar-refractivity contribution in [1.29, 1.82) is 0 Å². The first-order chi connectivity index (χ1) is 7.33. The molecule has 0 radical (unpaired) electrons. The molecule has 0 saturated heterocycles. The van der Waals surface area contributed by atoms with E-state index in [1.165, 1.54) is 17.9 Å². The van der Waals surface area contributed by atoms with Gasteiger partial charge in [-0.05, 0) is 37.0 Å². The van der Waals surface area contributed by atoms with Crippen molar-refractivity contribution in [2.75, 3.05) is 11.5 Å². The average Bonchev–Trinajstić information content (AvgIpc) is 2.28.